The van der Waals surface area contributed by atoms with E-state index < -0.39 is 0 Å². The number of oxime groups is 1. The fraction of sp³-hybridized carbons (Fsp3) is 0.818. The Hall–Kier alpha value is -1.46. The van der Waals surface area contributed by atoms with Gasteiger partial charge in [-0.15, -0.1) is 0 Å². The van der Waals surface area contributed by atoms with Crippen LogP contribution < -0.4 is 11.1 Å². The third-order valence-electron chi connectivity index (χ3n) is 3.65. The van der Waals surface area contributed by atoms with Crippen LogP contribution in [0.4, 0.5) is 4.79 Å². The van der Waals surface area contributed by atoms with Crippen LogP contribution in [0.5, 0.6) is 0 Å². The molecule has 0 aromatic rings. The highest BCUT2D eigenvalue weighted by atomic mass is 16.4. The predicted molar refractivity (Wildman–Crippen MR) is 63.9 cm³/mol. The first-order valence-electron chi connectivity index (χ1n) is 6.27. The molecule has 6 heteroatoms. The minimum Gasteiger partial charge on any atom is -0.409 e. The van der Waals surface area contributed by atoms with Gasteiger partial charge in [-0.3, -0.25) is 0 Å². The van der Waals surface area contributed by atoms with E-state index in [0.29, 0.717) is 12.6 Å². The Balaban J connectivity index is 1.97. The van der Waals surface area contributed by atoms with E-state index in [0.717, 1.165) is 32.1 Å². The zero-order valence-electron chi connectivity index (χ0n) is 9.93. The van der Waals surface area contributed by atoms with Gasteiger partial charge >= 0.3 is 6.03 Å². The molecule has 1 unspecified atom stereocenters. The molecule has 96 valence electrons. The number of hydrogen-bond acceptors (Lipinski definition) is 3. The molecule has 2 fully saturated rings. The number of amides is 2. The van der Waals surface area contributed by atoms with Gasteiger partial charge in [0.25, 0.3) is 0 Å². The first kappa shape index (κ1) is 12.0. The van der Waals surface area contributed by atoms with E-state index in [2.05, 4.69) is 10.5 Å². The molecule has 6 nitrogen and oxygen atoms in total. The number of urea groups is 1. The van der Waals surface area contributed by atoms with Crippen LogP contribution in [-0.2, 0) is 0 Å². The summed E-state index contributed by atoms with van der Waals surface area (Å²) in [7, 11) is 0. The second kappa shape index (κ2) is 5.25. The van der Waals surface area contributed by atoms with Crippen molar-refractivity contribution in [2.24, 2.45) is 10.9 Å². The Morgan fingerprint density at radius 2 is 2.06 bits per heavy atom. The number of carbonyl (C=O) groups is 1. The topological polar surface area (TPSA) is 91.0 Å². The van der Waals surface area contributed by atoms with Gasteiger partial charge in [-0.25, -0.2) is 4.79 Å². The van der Waals surface area contributed by atoms with E-state index in [4.69, 9.17) is 10.9 Å². The lowest BCUT2D eigenvalue weighted by Crippen LogP contribution is -2.56. The Morgan fingerprint density at radius 3 is 2.65 bits per heavy atom. The summed E-state index contributed by atoms with van der Waals surface area (Å²) in [5, 5.41) is 14.8. The second-order valence-electron chi connectivity index (χ2n) is 4.81. The molecule has 1 aliphatic carbocycles. The summed E-state index contributed by atoms with van der Waals surface area (Å²) in [4.78, 5) is 13.7. The quantitative estimate of drug-likeness (QED) is 0.289. The van der Waals surface area contributed by atoms with Crippen LogP contribution in [0.15, 0.2) is 5.16 Å². The van der Waals surface area contributed by atoms with E-state index in [1.165, 1.54) is 6.42 Å². The maximum atomic E-state index is 12.1. The van der Waals surface area contributed by atoms with Crippen molar-refractivity contribution in [2.75, 3.05) is 6.54 Å². The largest absolute Gasteiger partial charge is 0.409 e. The zero-order chi connectivity index (χ0) is 12.3. The van der Waals surface area contributed by atoms with Crippen molar-refractivity contribution in [2.45, 2.75) is 50.6 Å². The summed E-state index contributed by atoms with van der Waals surface area (Å²) >= 11 is 0. The molecule has 1 saturated heterocycles. The highest BCUT2D eigenvalue weighted by molar-refractivity contribution is 5.89. The van der Waals surface area contributed by atoms with Gasteiger partial charge in [-0.05, 0) is 38.5 Å². The lowest BCUT2D eigenvalue weighted by molar-refractivity contribution is 0.161. The van der Waals surface area contributed by atoms with Crippen molar-refractivity contribution < 1.29 is 10.0 Å². The van der Waals surface area contributed by atoms with Gasteiger partial charge < -0.3 is 21.2 Å². The molecule has 0 aromatic heterocycles. The Kier molecular flexibility index (Phi) is 3.71. The monoisotopic (exact) mass is 240 g/mol. The summed E-state index contributed by atoms with van der Waals surface area (Å²) in [6.07, 6.45) is 6.08. The van der Waals surface area contributed by atoms with Crippen molar-refractivity contribution in [3.8, 4) is 0 Å². The second-order valence-corrected chi connectivity index (χ2v) is 4.81. The maximum Gasteiger partial charge on any atom is 0.318 e. The maximum absolute atomic E-state index is 12.1. The number of nitrogens with one attached hydrogen (secondary N) is 1. The van der Waals surface area contributed by atoms with E-state index in [1.54, 1.807) is 4.90 Å². The lowest BCUT2D eigenvalue weighted by atomic mass is 9.93. The molecule has 2 amide bonds. The standard InChI is InChI=1S/C11H20N4O2/c12-10(14-17)9-6-1-2-7-15(9)11(16)13-8-4-3-5-8/h8-9,17H,1-7H2,(H2,12,14)(H,13,16). The average Bonchev–Trinajstić information content (AvgIpc) is 2.32. The van der Waals surface area contributed by atoms with E-state index in [9.17, 15) is 4.79 Å². The summed E-state index contributed by atoms with van der Waals surface area (Å²) in [5.41, 5.74) is 5.63. The van der Waals surface area contributed by atoms with Gasteiger partial charge in [-0.1, -0.05) is 5.16 Å². The van der Waals surface area contributed by atoms with Crippen molar-refractivity contribution >= 4 is 11.9 Å². The summed E-state index contributed by atoms with van der Waals surface area (Å²) in [6.45, 7) is 0.680. The van der Waals surface area contributed by atoms with E-state index in [1.807, 2.05) is 0 Å². The van der Waals surface area contributed by atoms with Gasteiger partial charge in [0.2, 0.25) is 0 Å². The molecular formula is C11H20N4O2. The van der Waals surface area contributed by atoms with Crippen LogP contribution in [-0.4, -0.2) is 40.6 Å². The van der Waals surface area contributed by atoms with Gasteiger partial charge in [0, 0.05) is 12.6 Å². The summed E-state index contributed by atoms with van der Waals surface area (Å²) in [6, 6.07) is -0.0165. The fourth-order valence-corrected chi connectivity index (χ4v) is 2.36. The molecular weight excluding hydrogens is 220 g/mol. The summed E-state index contributed by atoms with van der Waals surface area (Å²) < 4.78 is 0. The third-order valence-corrected chi connectivity index (χ3v) is 3.65. The number of likely N-dealkylation sites (tertiary alicyclic amines) is 1. The highest BCUT2D eigenvalue weighted by Crippen LogP contribution is 2.21. The molecule has 0 bridgehead atoms. The van der Waals surface area contributed by atoms with Crippen LogP contribution in [0, 0.1) is 0 Å². The first-order chi connectivity index (χ1) is 8.22. The van der Waals surface area contributed by atoms with E-state index in [-0.39, 0.29) is 17.9 Å². The molecule has 1 aliphatic heterocycles. The molecule has 1 atom stereocenters. The molecule has 2 aliphatic rings. The van der Waals surface area contributed by atoms with Crippen LogP contribution in [0.2, 0.25) is 0 Å². The molecule has 0 radical (unpaired) electrons. The number of carbonyl (C=O) groups excluding carboxylic acids is 1. The average molecular weight is 240 g/mol. The SMILES string of the molecule is NC(=NO)C1CCCCN1C(=O)NC1CCC1. The van der Waals surface area contributed by atoms with E-state index >= 15 is 0 Å². The smallest absolute Gasteiger partial charge is 0.318 e. The normalized spacial score (nSPS) is 26.5. The number of hydrogen-bond donors (Lipinski definition) is 3. The predicted octanol–water partition coefficient (Wildman–Crippen LogP) is 0.849. The summed E-state index contributed by atoms with van der Waals surface area (Å²) in [5.74, 6) is 0.133. The Bertz CT molecular complexity index is 315. The van der Waals surface area contributed by atoms with Gasteiger partial charge in [0.05, 0.1) is 6.04 Å². The van der Waals surface area contributed by atoms with Crippen LogP contribution >= 0.6 is 0 Å². The highest BCUT2D eigenvalue weighted by Gasteiger charge is 2.31. The number of rotatable bonds is 2. The first-order valence-corrected chi connectivity index (χ1v) is 6.27. The molecule has 0 aromatic carbocycles. The Morgan fingerprint density at radius 1 is 1.29 bits per heavy atom. The molecule has 1 saturated carbocycles. The zero-order valence-corrected chi connectivity index (χ0v) is 9.93. The van der Waals surface area contributed by atoms with Crippen molar-refractivity contribution in [1.82, 2.24) is 10.2 Å². The number of amidine groups is 1. The molecule has 0 spiro atoms. The van der Waals surface area contributed by atoms with Crippen molar-refractivity contribution in [3.63, 3.8) is 0 Å². The van der Waals surface area contributed by atoms with Crippen LogP contribution in [0.1, 0.15) is 38.5 Å². The molecule has 1 heterocycles. The van der Waals surface area contributed by atoms with Gasteiger partial charge in [0.15, 0.2) is 5.84 Å². The minimum absolute atomic E-state index is 0.0778. The minimum atomic E-state index is -0.256. The van der Waals surface area contributed by atoms with Crippen molar-refractivity contribution in [1.29, 1.82) is 0 Å². The molecule has 2 rings (SSSR count). The van der Waals surface area contributed by atoms with Crippen molar-refractivity contribution in [3.05, 3.63) is 0 Å². The number of nitrogens with two attached hydrogens (primary N) is 1. The lowest BCUT2D eigenvalue weighted by Gasteiger charge is -2.37. The van der Waals surface area contributed by atoms with Gasteiger partial charge in [-0.2, -0.15) is 0 Å². The van der Waals surface area contributed by atoms with Crippen LogP contribution in [0.3, 0.4) is 0 Å². The van der Waals surface area contributed by atoms with Crippen LogP contribution in [0.25, 0.3) is 0 Å². The fourth-order valence-electron chi connectivity index (χ4n) is 2.36. The molecule has 4 N–H and O–H groups in total. The number of nitrogens with zero attached hydrogens (tertiary/aromatic N) is 2. The number of piperidine rings is 1. The third kappa shape index (κ3) is 2.62. The Labute approximate surface area is 101 Å². The molecule has 17 heavy (non-hydrogen) atoms. The van der Waals surface area contributed by atoms with Gasteiger partial charge in [0.1, 0.15) is 0 Å².